The third-order valence-corrected chi connectivity index (χ3v) is 15.0. The van der Waals surface area contributed by atoms with Gasteiger partial charge in [0.2, 0.25) is 17.6 Å². The van der Waals surface area contributed by atoms with Crippen LogP contribution in [0.5, 0.6) is 0 Å². The molecule has 0 saturated carbocycles. The zero-order valence-corrected chi connectivity index (χ0v) is 39.9. The zero-order valence-electron chi connectivity index (χ0n) is 39.1. The van der Waals surface area contributed by atoms with E-state index in [0.29, 0.717) is 29.4 Å². The van der Waals surface area contributed by atoms with Crippen molar-refractivity contribution in [1.29, 1.82) is 0 Å². The van der Waals surface area contributed by atoms with Crippen LogP contribution in [0.3, 0.4) is 0 Å². The van der Waals surface area contributed by atoms with E-state index in [1.807, 2.05) is 42.6 Å². The summed E-state index contributed by atoms with van der Waals surface area (Å²) in [4.78, 5) is 97.8. The number of carbonyl (C=O) groups excluding carboxylic acids is 5. The molecule has 5 amide bonds. The Labute approximate surface area is 410 Å². The lowest BCUT2D eigenvalue weighted by Crippen LogP contribution is -2.53. The summed E-state index contributed by atoms with van der Waals surface area (Å²) >= 11 is 1.48. The molecule has 19 nitrogen and oxygen atoms in total. The molecule has 0 aliphatic carbocycles. The Morgan fingerprint density at radius 1 is 0.771 bits per heavy atom. The monoisotopic (exact) mass is 964 g/mol. The summed E-state index contributed by atoms with van der Waals surface area (Å²) < 4.78 is 0. The van der Waals surface area contributed by atoms with Gasteiger partial charge in [-0.2, -0.15) is 0 Å². The molecule has 5 aromatic rings. The van der Waals surface area contributed by atoms with Gasteiger partial charge in [-0.25, -0.2) is 24.9 Å². The van der Waals surface area contributed by atoms with E-state index >= 15 is 0 Å². The molecule has 5 aliphatic rings. The van der Waals surface area contributed by atoms with E-state index in [1.165, 1.54) is 16.7 Å². The maximum absolute atomic E-state index is 13.2. The van der Waals surface area contributed by atoms with E-state index in [0.717, 1.165) is 116 Å². The first kappa shape index (κ1) is 46.7. The molecule has 8 heterocycles. The van der Waals surface area contributed by atoms with Gasteiger partial charge in [-0.1, -0.05) is 30.0 Å². The molecular formula is C50H56N14O5S. The standard InChI is InChI=1S/C50H56N14O5S/c1-50(51)13-17-63(18-14-50)42-29-54-44(30-53-42)70-38-4-2-3-34(24-38)58-48(68)45-55-27-37(28-56-45)60-15-11-35(12-16-60)61-19-21-62(22-20-61)36-6-8-40(52-26-36)46(66)57-25-32-5-7-39-33(23-32)31-64(49(39)69)41-9-10-43(65)59-47(41)67/h2-8,23-24,26-30,35,41H,9-22,25,31,51H2,1H3,(H,57,66)(H,58,68)(H,59,65,67). The second-order valence-electron chi connectivity index (χ2n) is 18.9. The number of nitrogens with two attached hydrogens (primary N) is 1. The number of imide groups is 1. The summed E-state index contributed by atoms with van der Waals surface area (Å²) in [5.74, 6) is -0.720. The third kappa shape index (κ3) is 10.6. The van der Waals surface area contributed by atoms with Crippen molar-refractivity contribution in [3.8, 4) is 0 Å². The molecule has 0 bridgehead atoms. The number of anilines is 4. The van der Waals surface area contributed by atoms with Crippen molar-refractivity contribution in [3.63, 3.8) is 0 Å². The first-order valence-electron chi connectivity index (χ1n) is 23.9. The molecule has 2 aromatic carbocycles. The number of hydrogen-bond acceptors (Lipinski definition) is 16. The van der Waals surface area contributed by atoms with Crippen molar-refractivity contribution >= 4 is 64.2 Å². The third-order valence-electron chi connectivity index (χ3n) is 14.0. The van der Waals surface area contributed by atoms with Crippen LogP contribution in [0.2, 0.25) is 0 Å². The summed E-state index contributed by atoms with van der Waals surface area (Å²) in [5.41, 5.74) is 11.1. The second-order valence-corrected chi connectivity index (χ2v) is 20.0. The fourth-order valence-corrected chi connectivity index (χ4v) is 10.7. The number of carbonyl (C=O) groups is 5. The van der Waals surface area contributed by atoms with E-state index in [9.17, 15) is 24.0 Å². The van der Waals surface area contributed by atoms with Gasteiger partial charge in [-0.3, -0.25) is 34.2 Å². The van der Waals surface area contributed by atoms with E-state index in [2.05, 4.69) is 67.4 Å². The van der Waals surface area contributed by atoms with Crippen LogP contribution in [0.4, 0.5) is 22.9 Å². The summed E-state index contributed by atoms with van der Waals surface area (Å²) in [6, 6.07) is 16.5. The Balaban J connectivity index is 0.640. The van der Waals surface area contributed by atoms with Gasteiger partial charge < -0.3 is 36.0 Å². The topological polar surface area (TPSA) is 228 Å². The molecule has 4 fully saturated rings. The smallest absolute Gasteiger partial charge is 0.293 e. The number of piperazine rings is 1. The lowest BCUT2D eigenvalue weighted by molar-refractivity contribution is -0.136. The van der Waals surface area contributed by atoms with Gasteiger partial charge in [0, 0.05) is 99.6 Å². The van der Waals surface area contributed by atoms with Gasteiger partial charge >= 0.3 is 0 Å². The molecule has 362 valence electrons. The number of benzene rings is 2. The number of amides is 5. The van der Waals surface area contributed by atoms with Gasteiger partial charge in [-0.05, 0) is 86.6 Å². The minimum Gasteiger partial charge on any atom is -0.369 e. The van der Waals surface area contributed by atoms with Crippen molar-refractivity contribution in [3.05, 3.63) is 114 Å². The molecule has 5 aliphatic heterocycles. The average molecular weight is 965 g/mol. The van der Waals surface area contributed by atoms with E-state index in [1.54, 1.807) is 43.0 Å². The Morgan fingerprint density at radius 2 is 1.53 bits per heavy atom. The number of hydrogen-bond donors (Lipinski definition) is 4. The van der Waals surface area contributed by atoms with Crippen LogP contribution < -0.4 is 36.4 Å². The van der Waals surface area contributed by atoms with Crippen molar-refractivity contribution in [2.45, 2.75) is 86.1 Å². The van der Waals surface area contributed by atoms with E-state index in [-0.39, 0.29) is 54.5 Å². The molecule has 0 radical (unpaired) electrons. The summed E-state index contributed by atoms with van der Waals surface area (Å²) in [7, 11) is 0. The number of nitrogens with zero attached hydrogens (tertiary/aromatic N) is 10. The van der Waals surface area contributed by atoms with E-state index in [4.69, 9.17) is 5.73 Å². The van der Waals surface area contributed by atoms with Crippen LogP contribution >= 0.6 is 11.8 Å². The lowest BCUT2D eigenvalue weighted by Gasteiger charge is -2.43. The van der Waals surface area contributed by atoms with Gasteiger partial charge in [0.25, 0.3) is 17.7 Å². The van der Waals surface area contributed by atoms with Crippen molar-refractivity contribution in [1.82, 2.24) is 45.4 Å². The minimum atomic E-state index is -0.676. The highest BCUT2D eigenvalue weighted by molar-refractivity contribution is 7.99. The van der Waals surface area contributed by atoms with Crippen molar-refractivity contribution in [2.75, 3.05) is 72.4 Å². The number of nitrogens with one attached hydrogen (secondary N) is 3. The molecule has 20 heteroatoms. The van der Waals surface area contributed by atoms with Crippen LogP contribution in [0, 0.1) is 0 Å². The highest BCUT2D eigenvalue weighted by Gasteiger charge is 2.39. The van der Waals surface area contributed by atoms with Gasteiger partial charge in [0.05, 0.1) is 42.4 Å². The molecule has 1 atom stereocenters. The Bertz CT molecular complexity index is 2750. The normalized spacial score (nSPS) is 19.7. The van der Waals surface area contributed by atoms with Gasteiger partial charge in [0.15, 0.2) is 0 Å². The van der Waals surface area contributed by atoms with Crippen LogP contribution in [-0.4, -0.2) is 134 Å². The SMILES string of the molecule is CC1(N)CCN(c2cnc(Sc3cccc(NC(=O)c4ncc(N5CCC(N6CCN(c7ccc(C(=O)NCc8ccc9c(c8)CN(C8CCC(=O)NC8=O)C9=O)nc7)CC6)CC5)cn4)c3)cn2)CC1. The number of piperidine rings is 3. The molecule has 70 heavy (non-hydrogen) atoms. The summed E-state index contributed by atoms with van der Waals surface area (Å²) in [6.07, 6.45) is 13.2. The molecule has 1 unspecified atom stereocenters. The van der Waals surface area contributed by atoms with Gasteiger partial charge in [-0.15, -0.1) is 0 Å². The maximum atomic E-state index is 13.2. The first-order valence-corrected chi connectivity index (χ1v) is 24.7. The van der Waals surface area contributed by atoms with Crippen LogP contribution in [-0.2, 0) is 22.7 Å². The van der Waals surface area contributed by atoms with Crippen LogP contribution in [0.25, 0.3) is 0 Å². The molecule has 3 aromatic heterocycles. The first-order chi connectivity index (χ1) is 33.9. The van der Waals surface area contributed by atoms with Crippen molar-refractivity contribution < 1.29 is 24.0 Å². The molecule has 0 spiro atoms. The zero-order chi connectivity index (χ0) is 48.4. The predicted octanol–water partition coefficient (Wildman–Crippen LogP) is 3.86. The Kier molecular flexibility index (Phi) is 13.4. The highest BCUT2D eigenvalue weighted by Crippen LogP contribution is 2.31. The average Bonchev–Trinajstić information content (AvgIpc) is 3.70. The molecule has 10 rings (SSSR count). The highest BCUT2D eigenvalue weighted by atomic mass is 32.2. The fourth-order valence-electron chi connectivity index (χ4n) is 9.87. The number of fused-ring (bicyclic) bond motifs is 1. The summed E-state index contributed by atoms with van der Waals surface area (Å²) in [5, 5.41) is 8.96. The Morgan fingerprint density at radius 3 is 2.24 bits per heavy atom. The number of rotatable bonds is 12. The van der Waals surface area contributed by atoms with Crippen LogP contribution in [0.1, 0.15) is 88.0 Å². The van der Waals surface area contributed by atoms with Gasteiger partial charge in [0.1, 0.15) is 22.6 Å². The summed E-state index contributed by atoms with van der Waals surface area (Å²) in [6.45, 7) is 9.64. The molecular weight excluding hydrogens is 909 g/mol. The maximum Gasteiger partial charge on any atom is 0.293 e. The molecule has 5 N–H and O–H groups in total. The predicted molar refractivity (Wildman–Crippen MR) is 264 cm³/mol. The largest absolute Gasteiger partial charge is 0.369 e. The fraction of sp³-hybridized carbons (Fsp3) is 0.400. The van der Waals surface area contributed by atoms with Crippen molar-refractivity contribution in [2.24, 2.45) is 5.73 Å². The van der Waals surface area contributed by atoms with E-state index < -0.39 is 11.9 Å². The second kappa shape index (κ2) is 20.1. The Hall–Kier alpha value is -7.03. The lowest BCUT2D eigenvalue weighted by atomic mass is 9.91. The minimum absolute atomic E-state index is 0.104. The van der Waals surface area contributed by atoms with Crippen LogP contribution in [0.15, 0.2) is 95.5 Å². The quantitative estimate of drug-likeness (QED) is 0.130. The number of aromatic nitrogens is 5. The number of pyridine rings is 1. The molecule has 4 saturated heterocycles.